The molecule has 0 saturated carbocycles. The first kappa shape index (κ1) is 12.0. The topological polar surface area (TPSA) is 58.9 Å². The summed E-state index contributed by atoms with van der Waals surface area (Å²) in [6, 6.07) is 2.99. The molecule has 0 unspecified atom stereocenters. The number of carbonyl (C=O) groups is 1. The number of hydrogen-bond acceptors (Lipinski definition) is 4. The highest BCUT2D eigenvalue weighted by Gasteiger charge is 2.21. The molecule has 88 valence electrons. The zero-order valence-corrected chi connectivity index (χ0v) is 10.2. The predicted octanol–water partition coefficient (Wildman–Crippen LogP) is 3.02. The average Bonchev–Trinajstić information content (AvgIpc) is 2.57. The molecule has 0 fully saturated rings. The van der Waals surface area contributed by atoms with Crippen molar-refractivity contribution in [2.75, 3.05) is 0 Å². The lowest BCUT2D eigenvalue weighted by Gasteiger charge is -2.02. The Balaban J connectivity index is 2.46. The third kappa shape index (κ3) is 2.28. The minimum atomic E-state index is -0.525. The van der Waals surface area contributed by atoms with Crippen LogP contribution in [0.4, 0.5) is 0 Å². The van der Waals surface area contributed by atoms with Crippen LogP contribution in [0.15, 0.2) is 22.9 Å². The molecule has 0 bridgehead atoms. The summed E-state index contributed by atoms with van der Waals surface area (Å²) in [5, 5.41) is 13.2. The number of rotatable bonds is 1. The molecule has 0 aliphatic carbocycles. The monoisotopic (exact) mass is 271 g/mol. The summed E-state index contributed by atoms with van der Waals surface area (Å²) in [5.74, 6) is -0.710. The summed E-state index contributed by atoms with van der Waals surface area (Å²) in [6.45, 7) is 1.65. The highest BCUT2D eigenvalue weighted by atomic mass is 35.5. The Morgan fingerprint density at radius 2 is 1.94 bits per heavy atom. The Labute approximate surface area is 107 Å². The number of carbonyl (C=O) groups excluding carboxylic acids is 1. The molecule has 6 heteroatoms. The molecule has 0 atom stereocenters. The number of aromatic hydroxyl groups is 1. The van der Waals surface area contributed by atoms with Gasteiger partial charge in [-0.25, -0.2) is 4.79 Å². The number of phenols is 1. The van der Waals surface area contributed by atoms with Gasteiger partial charge in [0.1, 0.15) is 0 Å². The van der Waals surface area contributed by atoms with E-state index in [0.29, 0.717) is 16.8 Å². The summed E-state index contributed by atoms with van der Waals surface area (Å²) < 4.78 is 0. The van der Waals surface area contributed by atoms with Crippen molar-refractivity contribution in [3.63, 3.8) is 0 Å². The largest absolute Gasteiger partial charge is 0.505 e. The van der Waals surface area contributed by atoms with Gasteiger partial charge in [-0.05, 0) is 30.7 Å². The van der Waals surface area contributed by atoms with E-state index in [1.54, 1.807) is 13.0 Å². The second-order valence-corrected chi connectivity index (χ2v) is 4.26. The van der Waals surface area contributed by atoms with E-state index in [-0.39, 0.29) is 15.8 Å². The van der Waals surface area contributed by atoms with Gasteiger partial charge in [-0.15, -0.1) is 0 Å². The molecule has 1 heterocycles. The van der Waals surface area contributed by atoms with E-state index in [1.807, 2.05) is 0 Å². The Hall–Kier alpha value is -1.52. The summed E-state index contributed by atoms with van der Waals surface area (Å²) in [6.07, 6.45) is 1.55. The summed E-state index contributed by atoms with van der Waals surface area (Å²) >= 11 is 11.5. The van der Waals surface area contributed by atoms with Crippen molar-refractivity contribution in [2.45, 2.75) is 6.92 Å². The van der Waals surface area contributed by atoms with Crippen molar-refractivity contribution in [3.8, 4) is 5.75 Å². The minimum absolute atomic E-state index is 0.116. The number of benzene rings is 1. The summed E-state index contributed by atoms with van der Waals surface area (Å²) in [5.41, 5.74) is 1.40. The van der Waals surface area contributed by atoms with Gasteiger partial charge in [0.25, 0.3) is 0 Å². The zero-order valence-electron chi connectivity index (χ0n) is 8.70. The first-order valence-electron chi connectivity index (χ1n) is 4.65. The Kier molecular flexibility index (Phi) is 3.09. The first-order chi connectivity index (χ1) is 7.99. The average molecular weight is 272 g/mol. The van der Waals surface area contributed by atoms with E-state index in [1.165, 1.54) is 12.1 Å². The molecule has 1 aliphatic rings. The number of halogens is 2. The molecular formula is C11H7Cl2NO3. The Morgan fingerprint density at radius 1 is 1.35 bits per heavy atom. The van der Waals surface area contributed by atoms with Gasteiger partial charge in [-0.1, -0.05) is 28.4 Å². The molecule has 0 aromatic heterocycles. The van der Waals surface area contributed by atoms with Crippen molar-refractivity contribution in [2.24, 2.45) is 5.16 Å². The van der Waals surface area contributed by atoms with Crippen LogP contribution in [0.3, 0.4) is 0 Å². The van der Waals surface area contributed by atoms with Crippen molar-refractivity contribution < 1.29 is 14.7 Å². The van der Waals surface area contributed by atoms with Crippen LogP contribution in [-0.4, -0.2) is 16.8 Å². The number of phenolic OH excluding ortho intramolecular Hbond substituents is 1. The minimum Gasteiger partial charge on any atom is -0.505 e. The van der Waals surface area contributed by atoms with Crippen molar-refractivity contribution in [1.29, 1.82) is 0 Å². The molecule has 17 heavy (non-hydrogen) atoms. The molecule has 4 nitrogen and oxygen atoms in total. The summed E-state index contributed by atoms with van der Waals surface area (Å²) in [4.78, 5) is 15.8. The third-order valence-electron chi connectivity index (χ3n) is 2.23. The van der Waals surface area contributed by atoms with Crippen molar-refractivity contribution >= 4 is 41.0 Å². The highest BCUT2D eigenvalue weighted by Crippen LogP contribution is 2.33. The maximum atomic E-state index is 11.3. The van der Waals surface area contributed by atoms with Gasteiger partial charge in [0.05, 0.1) is 21.3 Å². The van der Waals surface area contributed by atoms with Crippen molar-refractivity contribution in [1.82, 2.24) is 0 Å². The number of hydrogen-bond donors (Lipinski definition) is 1. The van der Waals surface area contributed by atoms with E-state index >= 15 is 0 Å². The van der Waals surface area contributed by atoms with Crippen LogP contribution in [0, 0.1) is 0 Å². The molecule has 1 aromatic rings. The molecule has 0 radical (unpaired) electrons. The van der Waals surface area contributed by atoms with E-state index in [4.69, 9.17) is 23.2 Å². The predicted molar refractivity (Wildman–Crippen MR) is 65.3 cm³/mol. The lowest BCUT2D eigenvalue weighted by Crippen LogP contribution is -2.01. The molecule has 2 rings (SSSR count). The van der Waals surface area contributed by atoms with Gasteiger partial charge in [0.2, 0.25) is 0 Å². The molecule has 0 saturated heterocycles. The lowest BCUT2D eigenvalue weighted by atomic mass is 10.1. The van der Waals surface area contributed by atoms with Crippen LogP contribution < -0.4 is 0 Å². The molecule has 1 aromatic carbocycles. The van der Waals surface area contributed by atoms with Crippen LogP contribution in [0.1, 0.15) is 12.5 Å². The lowest BCUT2D eigenvalue weighted by molar-refractivity contribution is -0.136. The highest BCUT2D eigenvalue weighted by molar-refractivity contribution is 6.37. The fourth-order valence-corrected chi connectivity index (χ4v) is 1.86. The second kappa shape index (κ2) is 4.39. The van der Waals surface area contributed by atoms with Gasteiger partial charge < -0.3 is 9.94 Å². The van der Waals surface area contributed by atoms with E-state index in [0.717, 1.165) is 0 Å². The zero-order chi connectivity index (χ0) is 12.6. The van der Waals surface area contributed by atoms with Gasteiger partial charge in [0.15, 0.2) is 5.75 Å². The first-order valence-corrected chi connectivity index (χ1v) is 5.40. The molecule has 1 N–H and O–H groups in total. The molecule has 0 amide bonds. The summed E-state index contributed by atoms with van der Waals surface area (Å²) in [7, 11) is 0. The normalized spacial score (nSPS) is 17.2. The van der Waals surface area contributed by atoms with Gasteiger partial charge in [-0.2, -0.15) is 0 Å². The van der Waals surface area contributed by atoms with Crippen LogP contribution >= 0.6 is 23.2 Å². The van der Waals surface area contributed by atoms with Gasteiger partial charge in [0, 0.05) is 0 Å². The molecule has 0 spiro atoms. The second-order valence-electron chi connectivity index (χ2n) is 3.45. The van der Waals surface area contributed by atoms with Crippen molar-refractivity contribution in [3.05, 3.63) is 33.3 Å². The fraction of sp³-hybridized carbons (Fsp3) is 0.0909. The molecule has 1 aliphatic heterocycles. The van der Waals surface area contributed by atoms with Gasteiger partial charge >= 0.3 is 5.97 Å². The standard InChI is InChI=1S/C11H7Cl2NO3/c1-5-7(11(16)17-14-5)2-6-3-8(12)10(15)9(13)4-6/h2-4,15H,1H3/b7-2-. The maximum Gasteiger partial charge on any atom is 0.367 e. The number of oxime groups is 1. The fourth-order valence-electron chi connectivity index (χ4n) is 1.35. The maximum absolute atomic E-state index is 11.3. The van der Waals surface area contributed by atoms with E-state index < -0.39 is 5.97 Å². The van der Waals surface area contributed by atoms with Crippen LogP contribution in [-0.2, 0) is 9.63 Å². The Bertz CT molecular complexity index is 541. The quantitative estimate of drug-likeness (QED) is 0.631. The molecular weight excluding hydrogens is 265 g/mol. The third-order valence-corrected chi connectivity index (χ3v) is 2.80. The van der Waals surface area contributed by atoms with Crippen LogP contribution in [0.25, 0.3) is 6.08 Å². The Morgan fingerprint density at radius 3 is 2.41 bits per heavy atom. The smallest absolute Gasteiger partial charge is 0.367 e. The number of nitrogens with zero attached hydrogens (tertiary/aromatic N) is 1. The van der Waals surface area contributed by atoms with Crippen LogP contribution in [0.2, 0.25) is 10.0 Å². The van der Waals surface area contributed by atoms with Crippen LogP contribution in [0.5, 0.6) is 5.75 Å². The van der Waals surface area contributed by atoms with E-state index in [2.05, 4.69) is 9.99 Å². The van der Waals surface area contributed by atoms with Gasteiger partial charge in [-0.3, -0.25) is 0 Å². The van der Waals surface area contributed by atoms with E-state index in [9.17, 15) is 9.90 Å². The SMILES string of the molecule is CC1=NOC(=O)/C1=C\c1cc(Cl)c(O)c(Cl)c1.